The maximum Gasteiger partial charge on any atom is 0.155 e. The molecule has 0 saturated heterocycles. The second-order valence-electron chi connectivity index (χ2n) is 2.27. The average molecular weight is 143 g/mol. The summed E-state index contributed by atoms with van der Waals surface area (Å²) < 4.78 is 0. The van der Waals surface area contributed by atoms with Gasteiger partial charge in [-0.15, -0.1) is 4.91 Å². The summed E-state index contributed by atoms with van der Waals surface area (Å²) in [4.78, 5) is 14.2. The molecule has 0 amide bonds. The first kappa shape index (κ1) is 9.14. The lowest BCUT2D eigenvalue weighted by molar-refractivity contribution is 0.0509. The van der Waals surface area contributed by atoms with Crippen molar-refractivity contribution in [1.29, 1.82) is 0 Å². The van der Waals surface area contributed by atoms with Crippen molar-refractivity contribution in [3.8, 4) is 0 Å². The van der Waals surface area contributed by atoms with Crippen LogP contribution >= 0.6 is 0 Å². The summed E-state index contributed by atoms with van der Waals surface area (Å²) in [5.41, 5.74) is 0. The van der Waals surface area contributed by atoms with Crippen molar-refractivity contribution in [3.63, 3.8) is 0 Å². The SMILES string of the molecule is C=CC(ON=O)C(C)CC. The van der Waals surface area contributed by atoms with Crippen LogP contribution < -0.4 is 0 Å². The van der Waals surface area contributed by atoms with Crippen LogP contribution in [0, 0.1) is 10.8 Å². The van der Waals surface area contributed by atoms with E-state index in [-0.39, 0.29) is 6.10 Å². The highest BCUT2D eigenvalue weighted by molar-refractivity contribution is 4.82. The van der Waals surface area contributed by atoms with Gasteiger partial charge in [0.05, 0.1) is 0 Å². The molecule has 0 fully saturated rings. The van der Waals surface area contributed by atoms with Crippen LogP contribution in [0.4, 0.5) is 0 Å². The summed E-state index contributed by atoms with van der Waals surface area (Å²) in [6.07, 6.45) is 2.31. The van der Waals surface area contributed by atoms with E-state index >= 15 is 0 Å². The Balaban J connectivity index is 3.78. The van der Waals surface area contributed by atoms with Gasteiger partial charge in [0.25, 0.3) is 0 Å². The first-order chi connectivity index (χ1) is 4.76. The normalized spacial score (nSPS) is 15.4. The van der Waals surface area contributed by atoms with Crippen LogP contribution in [0.25, 0.3) is 0 Å². The Kier molecular flexibility index (Phi) is 4.54. The van der Waals surface area contributed by atoms with Crippen molar-refractivity contribution in [2.75, 3.05) is 0 Å². The van der Waals surface area contributed by atoms with Gasteiger partial charge in [-0.1, -0.05) is 20.4 Å². The molecule has 0 bridgehead atoms. The van der Waals surface area contributed by atoms with Crippen LogP contribution in [0.5, 0.6) is 0 Å². The molecule has 0 aromatic carbocycles. The van der Waals surface area contributed by atoms with Crippen LogP contribution in [0.2, 0.25) is 0 Å². The van der Waals surface area contributed by atoms with Crippen molar-refractivity contribution in [1.82, 2.24) is 0 Å². The Morgan fingerprint density at radius 2 is 2.40 bits per heavy atom. The molecular formula is C7H13NO2. The van der Waals surface area contributed by atoms with Crippen LogP contribution in [-0.2, 0) is 4.84 Å². The third-order valence-electron chi connectivity index (χ3n) is 1.60. The van der Waals surface area contributed by atoms with Gasteiger partial charge in [-0.3, -0.25) is 0 Å². The van der Waals surface area contributed by atoms with Crippen LogP contribution in [0.15, 0.2) is 18.0 Å². The predicted octanol–water partition coefficient (Wildman–Crippen LogP) is 2.29. The maximum atomic E-state index is 9.67. The fourth-order valence-electron chi connectivity index (χ4n) is 0.661. The molecule has 0 aromatic rings. The Hall–Kier alpha value is -0.860. The molecular weight excluding hydrogens is 130 g/mol. The lowest BCUT2D eigenvalue weighted by atomic mass is 10.0. The van der Waals surface area contributed by atoms with Gasteiger partial charge in [0.1, 0.15) is 0 Å². The third kappa shape index (κ3) is 2.62. The van der Waals surface area contributed by atoms with Crippen LogP contribution in [0.1, 0.15) is 20.3 Å². The first-order valence-corrected chi connectivity index (χ1v) is 3.37. The second-order valence-corrected chi connectivity index (χ2v) is 2.27. The summed E-state index contributed by atoms with van der Waals surface area (Å²) in [6, 6.07) is 0. The minimum Gasteiger partial charge on any atom is -0.356 e. The Bertz CT molecular complexity index is 114. The summed E-state index contributed by atoms with van der Waals surface area (Å²) in [5, 5.41) is 2.35. The van der Waals surface area contributed by atoms with Crippen molar-refractivity contribution < 1.29 is 4.84 Å². The van der Waals surface area contributed by atoms with E-state index in [0.717, 1.165) is 6.42 Å². The van der Waals surface area contributed by atoms with Crippen molar-refractivity contribution >= 4 is 0 Å². The van der Waals surface area contributed by atoms with Crippen LogP contribution in [-0.4, -0.2) is 6.10 Å². The van der Waals surface area contributed by atoms with Gasteiger partial charge in [-0.05, 0) is 18.4 Å². The lowest BCUT2D eigenvalue weighted by Crippen LogP contribution is -2.15. The number of rotatable bonds is 5. The molecule has 3 heteroatoms. The van der Waals surface area contributed by atoms with Gasteiger partial charge in [0.2, 0.25) is 0 Å². The Morgan fingerprint density at radius 3 is 2.70 bits per heavy atom. The van der Waals surface area contributed by atoms with Gasteiger partial charge < -0.3 is 4.84 Å². The number of nitrogens with zero attached hydrogens (tertiary/aromatic N) is 1. The van der Waals surface area contributed by atoms with E-state index in [4.69, 9.17) is 0 Å². The third-order valence-corrected chi connectivity index (χ3v) is 1.60. The quantitative estimate of drug-likeness (QED) is 0.336. The Labute approximate surface area is 61.0 Å². The molecule has 10 heavy (non-hydrogen) atoms. The molecule has 0 aliphatic carbocycles. The Morgan fingerprint density at radius 1 is 1.80 bits per heavy atom. The topological polar surface area (TPSA) is 38.7 Å². The van der Waals surface area contributed by atoms with E-state index in [2.05, 4.69) is 16.8 Å². The minimum atomic E-state index is -0.234. The molecule has 0 saturated carbocycles. The summed E-state index contributed by atoms with van der Waals surface area (Å²) >= 11 is 0. The highest BCUT2D eigenvalue weighted by Gasteiger charge is 2.12. The molecule has 0 heterocycles. The van der Waals surface area contributed by atoms with E-state index in [1.807, 2.05) is 13.8 Å². The lowest BCUT2D eigenvalue weighted by Gasteiger charge is -2.14. The average Bonchev–Trinajstić information content (AvgIpc) is 1.99. The molecule has 0 aliphatic heterocycles. The zero-order chi connectivity index (χ0) is 7.98. The molecule has 3 nitrogen and oxygen atoms in total. The van der Waals surface area contributed by atoms with Gasteiger partial charge in [0.15, 0.2) is 11.4 Å². The van der Waals surface area contributed by atoms with Gasteiger partial charge in [-0.25, -0.2) is 0 Å². The van der Waals surface area contributed by atoms with E-state index in [9.17, 15) is 4.91 Å². The van der Waals surface area contributed by atoms with Gasteiger partial charge in [0, 0.05) is 0 Å². The molecule has 2 atom stereocenters. The zero-order valence-corrected chi connectivity index (χ0v) is 6.41. The molecule has 0 N–H and O–H groups in total. The van der Waals surface area contributed by atoms with Crippen molar-refractivity contribution in [2.45, 2.75) is 26.4 Å². The zero-order valence-electron chi connectivity index (χ0n) is 6.41. The van der Waals surface area contributed by atoms with E-state index in [1.54, 1.807) is 6.08 Å². The number of hydrogen-bond acceptors (Lipinski definition) is 3. The summed E-state index contributed by atoms with van der Waals surface area (Å²) in [5.74, 6) is 0.301. The van der Waals surface area contributed by atoms with E-state index in [0.29, 0.717) is 5.92 Å². The largest absolute Gasteiger partial charge is 0.356 e. The highest BCUT2D eigenvalue weighted by atomic mass is 16.7. The second kappa shape index (κ2) is 4.97. The fraction of sp³-hybridized carbons (Fsp3) is 0.714. The standard InChI is InChI=1S/C7H13NO2/c1-4-6(3)7(5-2)10-8-9/h5-7H,2,4H2,1,3H3. The molecule has 2 unspecified atom stereocenters. The molecule has 0 spiro atoms. The monoisotopic (exact) mass is 143 g/mol. The molecule has 0 rings (SSSR count). The predicted molar refractivity (Wildman–Crippen MR) is 40.3 cm³/mol. The van der Waals surface area contributed by atoms with Gasteiger partial charge >= 0.3 is 0 Å². The van der Waals surface area contributed by atoms with Crippen molar-refractivity contribution in [2.24, 2.45) is 11.3 Å². The molecule has 0 aromatic heterocycles. The summed E-state index contributed by atoms with van der Waals surface area (Å²) in [6.45, 7) is 7.53. The molecule has 0 aliphatic rings. The fourth-order valence-corrected chi connectivity index (χ4v) is 0.661. The van der Waals surface area contributed by atoms with E-state index < -0.39 is 0 Å². The van der Waals surface area contributed by atoms with E-state index in [1.165, 1.54) is 0 Å². The minimum absolute atomic E-state index is 0.234. The smallest absolute Gasteiger partial charge is 0.155 e. The van der Waals surface area contributed by atoms with Gasteiger partial charge in [-0.2, -0.15) is 0 Å². The maximum absolute atomic E-state index is 9.67. The number of hydrogen-bond donors (Lipinski definition) is 0. The summed E-state index contributed by atoms with van der Waals surface area (Å²) in [7, 11) is 0. The van der Waals surface area contributed by atoms with Crippen molar-refractivity contribution in [3.05, 3.63) is 17.6 Å². The molecule has 58 valence electrons. The highest BCUT2D eigenvalue weighted by Crippen LogP contribution is 2.11. The first-order valence-electron chi connectivity index (χ1n) is 3.37. The molecule has 0 radical (unpaired) electrons. The van der Waals surface area contributed by atoms with Crippen LogP contribution in [0.3, 0.4) is 0 Å².